The smallest absolute Gasteiger partial charge is 0.257 e. The average Bonchev–Trinajstić information content (AvgIpc) is 3.10. The van der Waals surface area contributed by atoms with Crippen LogP contribution in [0.25, 0.3) is 11.1 Å². The predicted molar refractivity (Wildman–Crippen MR) is 107 cm³/mol. The number of hydrogen-bond donors (Lipinski definition) is 1. The van der Waals surface area contributed by atoms with E-state index in [0.29, 0.717) is 11.0 Å². The van der Waals surface area contributed by atoms with Gasteiger partial charge in [-0.2, -0.15) is 0 Å². The molecule has 0 atom stereocenters. The van der Waals surface area contributed by atoms with E-state index in [9.17, 15) is 4.79 Å². The van der Waals surface area contributed by atoms with Crippen LogP contribution in [-0.4, -0.2) is 47.7 Å². The molecule has 1 N–H and O–H groups in total. The van der Waals surface area contributed by atoms with Gasteiger partial charge in [0.1, 0.15) is 12.1 Å². The second-order valence-corrected chi connectivity index (χ2v) is 8.04. The predicted octanol–water partition coefficient (Wildman–Crippen LogP) is 2.50. The molecule has 1 aliphatic rings. The molecule has 0 spiro atoms. The van der Waals surface area contributed by atoms with Crippen molar-refractivity contribution in [1.82, 2.24) is 9.88 Å². The lowest BCUT2D eigenvalue weighted by atomic mass is 10.2. The topological polar surface area (TPSA) is 50.8 Å². The van der Waals surface area contributed by atoms with E-state index in [1.807, 2.05) is 47.4 Å². The molecule has 2 heterocycles. The van der Waals surface area contributed by atoms with E-state index in [-0.39, 0.29) is 5.91 Å². The van der Waals surface area contributed by atoms with Crippen molar-refractivity contribution in [3.63, 3.8) is 0 Å². The zero-order valence-electron chi connectivity index (χ0n) is 14.9. The van der Waals surface area contributed by atoms with Crippen LogP contribution in [0.1, 0.15) is 5.56 Å². The van der Waals surface area contributed by atoms with Crippen molar-refractivity contribution >= 4 is 40.4 Å². The van der Waals surface area contributed by atoms with Gasteiger partial charge >= 0.3 is 0 Å². The molecule has 7 heteroatoms. The number of carbonyl (C=O) groups is 1. The first-order valence-electron chi connectivity index (χ1n) is 9.01. The van der Waals surface area contributed by atoms with E-state index in [2.05, 4.69) is 11.1 Å². The fraction of sp³-hybridized carbons (Fsp3) is 0.300. The van der Waals surface area contributed by atoms with E-state index in [1.54, 1.807) is 0 Å². The van der Waals surface area contributed by atoms with Gasteiger partial charge in [0.15, 0.2) is 5.58 Å². The molecule has 27 heavy (non-hydrogen) atoms. The Kier molecular flexibility index (Phi) is 5.66. The average molecular weight is 403 g/mol. The van der Waals surface area contributed by atoms with Gasteiger partial charge in [0, 0.05) is 10.6 Å². The van der Waals surface area contributed by atoms with Crippen molar-refractivity contribution in [2.75, 3.05) is 31.9 Å². The number of carbonyl (C=O) groups excluding carboxylic acids is 1. The molecule has 0 unspecified atom stereocenters. The van der Waals surface area contributed by atoms with Crippen LogP contribution in [0.4, 0.5) is 0 Å². The normalized spacial score (nSPS) is 15.4. The van der Waals surface area contributed by atoms with Crippen LogP contribution in [0, 0.1) is 0 Å². The first kappa shape index (κ1) is 18.3. The summed E-state index contributed by atoms with van der Waals surface area (Å²) in [5.74, 6) is 0.500. The number of thioether (sulfide) groups is 1. The zero-order chi connectivity index (χ0) is 18.6. The van der Waals surface area contributed by atoms with Gasteiger partial charge in [0.05, 0.1) is 31.9 Å². The molecule has 1 amide bonds. The Morgan fingerprint density at radius 3 is 2.78 bits per heavy atom. The summed E-state index contributed by atoms with van der Waals surface area (Å²) in [4.78, 5) is 20.3. The SMILES string of the molecule is O=C(CSc1nc2ccccc2o1)N1CC[NH+](Cc2cccc(Cl)c2)CC1. The molecule has 1 aromatic heterocycles. The highest BCUT2D eigenvalue weighted by molar-refractivity contribution is 7.99. The Morgan fingerprint density at radius 1 is 1.19 bits per heavy atom. The molecule has 5 nitrogen and oxygen atoms in total. The lowest BCUT2D eigenvalue weighted by Crippen LogP contribution is -3.13. The van der Waals surface area contributed by atoms with E-state index in [1.165, 1.54) is 22.2 Å². The standard InChI is InChI=1S/C20H20ClN3O2S/c21-16-5-3-4-15(12-16)13-23-8-10-24(11-9-23)19(25)14-27-20-22-17-6-1-2-7-18(17)26-20/h1-7,12H,8-11,13-14H2/p+1. The molecular weight excluding hydrogens is 382 g/mol. The molecule has 1 aliphatic heterocycles. The molecule has 1 saturated heterocycles. The van der Waals surface area contributed by atoms with Crippen LogP contribution in [0.5, 0.6) is 0 Å². The molecule has 3 aromatic rings. The zero-order valence-corrected chi connectivity index (χ0v) is 16.4. The van der Waals surface area contributed by atoms with Gasteiger partial charge in [-0.25, -0.2) is 4.98 Å². The largest absolute Gasteiger partial charge is 0.431 e. The number of oxazole rings is 1. The Bertz CT molecular complexity index is 905. The number of rotatable bonds is 5. The van der Waals surface area contributed by atoms with Gasteiger partial charge in [-0.1, -0.05) is 47.6 Å². The third kappa shape index (κ3) is 4.64. The summed E-state index contributed by atoms with van der Waals surface area (Å²) >= 11 is 7.42. The fourth-order valence-corrected chi connectivity index (χ4v) is 4.27. The maximum atomic E-state index is 12.5. The van der Waals surface area contributed by atoms with E-state index in [0.717, 1.165) is 48.8 Å². The number of piperazine rings is 1. The van der Waals surface area contributed by atoms with Crippen molar-refractivity contribution in [2.24, 2.45) is 0 Å². The third-order valence-electron chi connectivity index (χ3n) is 4.76. The Balaban J connectivity index is 1.25. The molecule has 0 saturated carbocycles. The molecule has 0 bridgehead atoms. The molecule has 140 valence electrons. The molecule has 4 rings (SSSR count). The Hall–Kier alpha value is -2.02. The Morgan fingerprint density at radius 2 is 2.00 bits per heavy atom. The number of fused-ring (bicyclic) bond motifs is 1. The van der Waals surface area contributed by atoms with Crippen LogP contribution in [0.3, 0.4) is 0 Å². The highest BCUT2D eigenvalue weighted by atomic mass is 35.5. The van der Waals surface area contributed by atoms with Gasteiger partial charge in [-0.05, 0) is 24.3 Å². The minimum absolute atomic E-state index is 0.143. The number of para-hydroxylation sites is 2. The number of quaternary nitrogens is 1. The summed E-state index contributed by atoms with van der Waals surface area (Å²) in [7, 11) is 0. The summed E-state index contributed by atoms with van der Waals surface area (Å²) < 4.78 is 5.67. The summed E-state index contributed by atoms with van der Waals surface area (Å²) in [5.41, 5.74) is 2.82. The van der Waals surface area contributed by atoms with Crippen LogP contribution in [0.15, 0.2) is 58.2 Å². The molecule has 1 fully saturated rings. The first-order chi connectivity index (χ1) is 13.2. The van der Waals surface area contributed by atoms with Crippen LogP contribution < -0.4 is 4.90 Å². The molecule has 0 radical (unpaired) electrons. The number of aromatic nitrogens is 1. The Labute approximate surface area is 167 Å². The molecule has 2 aromatic carbocycles. The monoisotopic (exact) mass is 402 g/mol. The number of hydrogen-bond acceptors (Lipinski definition) is 4. The molecule has 0 aliphatic carbocycles. The summed E-state index contributed by atoms with van der Waals surface area (Å²) in [6.45, 7) is 4.41. The lowest BCUT2D eigenvalue weighted by Gasteiger charge is -2.32. The number of nitrogens with one attached hydrogen (secondary N) is 1. The minimum Gasteiger partial charge on any atom is -0.431 e. The van der Waals surface area contributed by atoms with Crippen molar-refractivity contribution in [1.29, 1.82) is 0 Å². The van der Waals surface area contributed by atoms with Gasteiger partial charge in [0.2, 0.25) is 5.91 Å². The third-order valence-corrected chi connectivity index (χ3v) is 5.81. The van der Waals surface area contributed by atoms with E-state index < -0.39 is 0 Å². The summed E-state index contributed by atoms with van der Waals surface area (Å²) in [6.07, 6.45) is 0. The first-order valence-corrected chi connectivity index (χ1v) is 10.4. The van der Waals surface area contributed by atoms with Gasteiger partial charge in [-0.3, -0.25) is 4.79 Å². The second kappa shape index (κ2) is 8.33. The quantitative estimate of drug-likeness (QED) is 0.666. The second-order valence-electron chi connectivity index (χ2n) is 6.67. The highest BCUT2D eigenvalue weighted by Crippen LogP contribution is 2.23. The number of benzene rings is 2. The maximum absolute atomic E-state index is 12.5. The van der Waals surface area contributed by atoms with Crippen molar-refractivity contribution in [3.05, 3.63) is 59.1 Å². The van der Waals surface area contributed by atoms with Crippen molar-refractivity contribution in [3.8, 4) is 0 Å². The van der Waals surface area contributed by atoms with Gasteiger partial charge in [0.25, 0.3) is 5.22 Å². The van der Waals surface area contributed by atoms with Crippen molar-refractivity contribution in [2.45, 2.75) is 11.8 Å². The van der Waals surface area contributed by atoms with Crippen molar-refractivity contribution < 1.29 is 14.1 Å². The number of nitrogens with zero attached hydrogens (tertiary/aromatic N) is 2. The van der Waals surface area contributed by atoms with Gasteiger partial charge < -0.3 is 14.2 Å². The number of halogens is 1. The van der Waals surface area contributed by atoms with Crippen LogP contribution in [0.2, 0.25) is 5.02 Å². The minimum atomic E-state index is 0.143. The number of amides is 1. The maximum Gasteiger partial charge on any atom is 0.257 e. The lowest BCUT2D eigenvalue weighted by molar-refractivity contribution is -0.917. The van der Waals surface area contributed by atoms with E-state index in [4.69, 9.17) is 16.0 Å². The summed E-state index contributed by atoms with van der Waals surface area (Å²) in [5, 5.41) is 1.33. The van der Waals surface area contributed by atoms with Gasteiger partial charge in [-0.15, -0.1) is 0 Å². The fourth-order valence-electron chi connectivity index (χ4n) is 3.31. The highest BCUT2D eigenvalue weighted by Gasteiger charge is 2.24. The molecular formula is C20H21ClN3O2S+. The van der Waals surface area contributed by atoms with E-state index >= 15 is 0 Å². The van der Waals surface area contributed by atoms with Crippen LogP contribution >= 0.6 is 23.4 Å². The van der Waals surface area contributed by atoms with Crippen LogP contribution in [-0.2, 0) is 11.3 Å². The summed E-state index contributed by atoms with van der Waals surface area (Å²) in [6, 6.07) is 15.6.